The molecule has 9 heteroatoms. The van der Waals surface area contributed by atoms with Crippen LogP contribution in [0.1, 0.15) is 18.2 Å². The first-order valence-corrected chi connectivity index (χ1v) is 6.45. The van der Waals surface area contributed by atoms with Gasteiger partial charge in [-0.05, 0) is 24.6 Å². The molecule has 118 valence electrons. The quantitative estimate of drug-likeness (QED) is 0.857. The molecule has 0 unspecified atom stereocenters. The number of hydrogen-bond donors (Lipinski definition) is 1. The minimum Gasteiger partial charge on any atom is -0.302 e. The molecule has 0 bridgehead atoms. The Kier molecular flexibility index (Phi) is 4.15. The maximum atomic E-state index is 13.8. The Morgan fingerprint density at radius 3 is 2.41 bits per heavy atom. The molecule has 0 radical (unpaired) electrons. The largest absolute Gasteiger partial charge is 0.431 e. The summed E-state index contributed by atoms with van der Waals surface area (Å²) in [4.78, 5) is 25.6. The lowest BCUT2D eigenvalue weighted by Crippen LogP contribution is -2.39. The van der Waals surface area contributed by atoms with E-state index in [4.69, 9.17) is 11.6 Å². The van der Waals surface area contributed by atoms with Crippen molar-refractivity contribution in [3.05, 3.63) is 61.1 Å². The monoisotopic (exact) mass is 336 g/mol. The van der Waals surface area contributed by atoms with Gasteiger partial charge in [-0.2, -0.15) is 13.2 Å². The third kappa shape index (κ3) is 2.78. The van der Waals surface area contributed by atoms with Crippen LogP contribution in [0.4, 0.5) is 17.6 Å². The number of halogens is 5. The van der Waals surface area contributed by atoms with Gasteiger partial charge in [0.15, 0.2) is 0 Å². The molecule has 1 N–H and O–H groups in total. The minimum atomic E-state index is -4.89. The topological polar surface area (TPSA) is 54.9 Å². The number of hydrogen-bond acceptors (Lipinski definition) is 2. The van der Waals surface area contributed by atoms with E-state index < -0.39 is 40.2 Å². The predicted molar refractivity (Wildman–Crippen MR) is 72.0 cm³/mol. The Morgan fingerprint density at radius 2 is 1.91 bits per heavy atom. The Labute approximate surface area is 126 Å². The summed E-state index contributed by atoms with van der Waals surface area (Å²) in [5.41, 5.74) is -5.15. The van der Waals surface area contributed by atoms with E-state index in [2.05, 4.69) is 0 Å². The van der Waals surface area contributed by atoms with Gasteiger partial charge in [-0.1, -0.05) is 18.5 Å². The van der Waals surface area contributed by atoms with Crippen molar-refractivity contribution in [2.75, 3.05) is 0 Å². The molecule has 4 nitrogen and oxygen atoms in total. The smallest absolute Gasteiger partial charge is 0.302 e. The molecular weight excluding hydrogens is 328 g/mol. The molecule has 0 aliphatic heterocycles. The minimum absolute atomic E-state index is 0.0216. The van der Waals surface area contributed by atoms with E-state index in [0.29, 0.717) is 4.57 Å². The van der Waals surface area contributed by atoms with Gasteiger partial charge in [0, 0.05) is 10.6 Å². The lowest BCUT2D eigenvalue weighted by molar-refractivity contribution is -0.142. The molecule has 0 atom stereocenters. The Morgan fingerprint density at radius 1 is 1.27 bits per heavy atom. The maximum absolute atomic E-state index is 13.8. The molecule has 0 aliphatic rings. The van der Waals surface area contributed by atoms with Gasteiger partial charge < -0.3 is 4.98 Å². The van der Waals surface area contributed by atoms with Crippen LogP contribution in [0.5, 0.6) is 0 Å². The third-order valence-electron chi connectivity index (χ3n) is 2.99. The van der Waals surface area contributed by atoms with E-state index in [1.807, 2.05) is 0 Å². The van der Waals surface area contributed by atoms with Gasteiger partial charge >= 0.3 is 11.9 Å². The van der Waals surface area contributed by atoms with E-state index in [0.717, 1.165) is 12.1 Å². The number of nitrogens with zero attached hydrogens (tertiary/aromatic N) is 1. The van der Waals surface area contributed by atoms with Gasteiger partial charge in [0.25, 0.3) is 5.56 Å². The molecule has 1 aromatic heterocycles. The van der Waals surface area contributed by atoms with Crippen molar-refractivity contribution in [1.82, 2.24) is 9.55 Å². The van der Waals surface area contributed by atoms with Crippen molar-refractivity contribution in [1.29, 1.82) is 0 Å². The fourth-order valence-electron chi connectivity index (χ4n) is 2.02. The number of nitrogens with one attached hydrogen (secondary N) is 1. The first-order valence-electron chi connectivity index (χ1n) is 6.07. The molecule has 0 aliphatic carbocycles. The summed E-state index contributed by atoms with van der Waals surface area (Å²) in [6.45, 7) is 1.33. The summed E-state index contributed by atoms with van der Waals surface area (Å²) >= 11 is 5.57. The Balaban J connectivity index is 2.85. The van der Waals surface area contributed by atoms with E-state index in [1.165, 1.54) is 13.0 Å². The molecular formula is C13H9ClF4N2O2. The van der Waals surface area contributed by atoms with Crippen LogP contribution in [0, 0.1) is 5.82 Å². The molecule has 0 spiro atoms. The highest BCUT2D eigenvalue weighted by Crippen LogP contribution is 2.28. The predicted octanol–water partition coefficient (Wildman–Crippen LogP) is 2.90. The molecule has 0 saturated heterocycles. The highest BCUT2D eigenvalue weighted by atomic mass is 35.5. The molecule has 0 amide bonds. The van der Waals surface area contributed by atoms with Gasteiger partial charge in [0.05, 0.1) is 5.69 Å². The van der Waals surface area contributed by atoms with Gasteiger partial charge in [0.2, 0.25) is 0 Å². The summed E-state index contributed by atoms with van der Waals surface area (Å²) in [6.07, 6.45) is -5.17. The first-order chi connectivity index (χ1) is 10.2. The van der Waals surface area contributed by atoms with E-state index in [-0.39, 0.29) is 11.4 Å². The highest BCUT2D eigenvalue weighted by Gasteiger charge is 2.36. The summed E-state index contributed by atoms with van der Waals surface area (Å²) < 4.78 is 52.7. The van der Waals surface area contributed by atoms with Crippen LogP contribution in [-0.2, 0) is 12.6 Å². The van der Waals surface area contributed by atoms with Gasteiger partial charge in [-0.25, -0.2) is 13.8 Å². The van der Waals surface area contributed by atoms with E-state index in [1.54, 1.807) is 4.98 Å². The van der Waals surface area contributed by atoms with Crippen molar-refractivity contribution in [3.8, 4) is 5.69 Å². The van der Waals surface area contributed by atoms with Gasteiger partial charge in [-0.3, -0.25) is 4.79 Å². The summed E-state index contributed by atoms with van der Waals surface area (Å²) in [5.74, 6) is -0.998. The fourth-order valence-corrected chi connectivity index (χ4v) is 2.18. The van der Waals surface area contributed by atoms with Crippen LogP contribution in [0.25, 0.3) is 5.69 Å². The summed E-state index contributed by atoms with van der Waals surface area (Å²) in [6, 6.07) is 3.11. The molecule has 1 aromatic carbocycles. The second kappa shape index (κ2) is 5.60. The van der Waals surface area contributed by atoms with Gasteiger partial charge in [0.1, 0.15) is 11.5 Å². The van der Waals surface area contributed by atoms with E-state index >= 15 is 0 Å². The molecule has 1 heterocycles. The van der Waals surface area contributed by atoms with Crippen LogP contribution >= 0.6 is 11.6 Å². The van der Waals surface area contributed by atoms with Crippen LogP contribution < -0.4 is 11.2 Å². The average Bonchev–Trinajstić information content (AvgIpc) is 2.39. The number of aromatic amines is 1. The summed E-state index contributed by atoms with van der Waals surface area (Å²) in [5, 5.41) is 0.0216. The number of rotatable bonds is 2. The van der Waals surface area contributed by atoms with Crippen LogP contribution in [0.3, 0.4) is 0 Å². The fraction of sp³-hybridized carbons (Fsp3) is 0.231. The molecule has 22 heavy (non-hydrogen) atoms. The van der Waals surface area contributed by atoms with Crippen LogP contribution in [0.15, 0.2) is 27.8 Å². The van der Waals surface area contributed by atoms with E-state index in [9.17, 15) is 27.2 Å². The maximum Gasteiger partial charge on any atom is 0.431 e. The van der Waals surface area contributed by atoms with Crippen LogP contribution in [0.2, 0.25) is 5.02 Å². The van der Waals surface area contributed by atoms with Crippen molar-refractivity contribution >= 4 is 11.6 Å². The molecule has 0 saturated carbocycles. The van der Waals surface area contributed by atoms with Crippen molar-refractivity contribution in [2.24, 2.45) is 0 Å². The Hall–Kier alpha value is -2.09. The summed E-state index contributed by atoms with van der Waals surface area (Å²) in [7, 11) is 0. The average molecular weight is 337 g/mol. The number of benzene rings is 1. The van der Waals surface area contributed by atoms with Crippen molar-refractivity contribution in [3.63, 3.8) is 0 Å². The second-order valence-corrected chi connectivity index (χ2v) is 4.81. The van der Waals surface area contributed by atoms with Crippen LogP contribution in [-0.4, -0.2) is 9.55 Å². The number of H-pyrrole nitrogens is 1. The zero-order chi connectivity index (χ0) is 16.7. The third-order valence-corrected chi connectivity index (χ3v) is 3.22. The zero-order valence-corrected chi connectivity index (χ0v) is 11.8. The highest BCUT2D eigenvalue weighted by molar-refractivity contribution is 6.30. The lowest BCUT2D eigenvalue weighted by Gasteiger charge is -2.13. The molecule has 0 fully saturated rings. The van der Waals surface area contributed by atoms with Crippen molar-refractivity contribution in [2.45, 2.75) is 19.5 Å². The molecule has 2 aromatic rings. The molecule has 2 rings (SSSR count). The Bertz CT molecular complexity index is 839. The number of aromatic nitrogens is 2. The normalized spacial score (nSPS) is 11.7. The standard InChI is InChI=1S/C13H9ClF4N2O2/c1-2-7-10(13(16,17)18)19-12(22)20(11(7)21)9-4-3-6(14)5-8(9)15/h3-5H,2H2,1H3,(H,19,22). The number of alkyl halides is 3. The SMILES string of the molecule is CCc1c(C(F)(F)F)[nH]c(=O)n(-c2ccc(Cl)cc2F)c1=O. The zero-order valence-electron chi connectivity index (χ0n) is 11.1. The second-order valence-electron chi connectivity index (χ2n) is 4.37. The van der Waals surface area contributed by atoms with Crippen molar-refractivity contribution < 1.29 is 17.6 Å². The van der Waals surface area contributed by atoms with Gasteiger partial charge in [-0.15, -0.1) is 0 Å². The lowest BCUT2D eigenvalue weighted by atomic mass is 10.1. The first kappa shape index (κ1) is 16.3.